The van der Waals surface area contributed by atoms with E-state index in [0.29, 0.717) is 11.8 Å². The Morgan fingerprint density at radius 2 is 0.722 bits per heavy atom. The maximum absolute atomic E-state index is 13.8. The third-order valence-corrected chi connectivity index (χ3v) is 12.2. The van der Waals surface area contributed by atoms with Crippen molar-refractivity contribution in [3.8, 4) is 0 Å². The molecule has 0 aromatic heterocycles. The van der Waals surface area contributed by atoms with Crippen molar-refractivity contribution in [1.82, 2.24) is 19.6 Å². The summed E-state index contributed by atoms with van der Waals surface area (Å²) >= 11 is 0. The molecule has 0 spiro atoms. The molecule has 8 heteroatoms. The molecule has 0 saturated carbocycles. The van der Waals surface area contributed by atoms with E-state index in [-0.39, 0.29) is 59.8 Å². The first kappa shape index (κ1) is 54.3. The predicted molar refractivity (Wildman–Crippen MR) is 256 cm³/mol. The van der Waals surface area contributed by atoms with Gasteiger partial charge in [0.05, 0.1) is 11.8 Å². The van der Waals surface area contributed by atoms with Crippen molar-refractivity contribution >= 4 is 59.8 Å². The fourth-order valence-electron chi connectivity index (χ4n) is 8.70. The zero-order valence-electron chi connectivity index (χ0n) is 36.4. The van der Waals surface area contributed by atoms with Gasteiger partial charge in [0.15, 0.2) is 0 Å². The summed E-state index contributed by atoms with van der Waals surface area (Å²) in [6.07, 6.45) is 35.2. The molecule has 54 heavy (non-hydrogen) atoms. The number of carbonyl (C=O) groups excluding carboxylic acids is 2. The molecule has 0 aliphatic carbocycles. The van der Waals surface area contributed by atoms with Crippen molar-refractivity contribution in [2.24, 2.45) is 11.8 Å². The van der Waals surface area contributed by atoms with Gasteiger partial charge in [0, 0.05) is 39.3 Å². The van der Waals surface area contributed by atoms with Crippen LogP contribution in [0.25, 0.3) is 0 Å². The maximum atomic E-state index is 13.8. The molecule has 322 valence electrons. The number of amides is 2. The molecule has 0 radical (unpaired) electrons. The number of nitrogens with zero attached hydrogens (tertiary/aromatic N) is 4. The van der Waals surface area contributed by atoms with E-state index >= 15 is 0 Å². The third kappa shape index (κ3) is 25.6. The Morgan fingerprint density at radius 3 is 1.07 bits per heavy atom. The van der Waals surface area contributed by atoms with Crippen LogP contribution in [-0.2, 0) is 9.59 Å². The molecule has 6 nitrogen and oxygen atoms in total. The first-order valence-electron chi connectivity index (χ1n) is 23.6. The lowest BCUT2D eigenvalue weighted by Gasteiger charge is -2.35. The first-order chi connectivity index (χ1) is 25.5. The predicted octanol–water partition coefficient (Wildman–Crippen LogP) is 12.7. The van der Waals surface area contributed by atoms with Crippen LogP contribution in [0.5, 0.6) is 0 Å². The molecule has 2 amide bonds. The molecule has 2 atom stereocenters. The van der Waals surface area contributed by atoms with Crippen LogP contribution in [0.4, 0.5) is 0 Å². The van der Waals surface area contributed by atoms with E-state index in [2.05, 4.69) is 47.3 Å². The van der Waals surface area contributed by atoms with E-state index in [1.54, 1.807) is 0 Å². The minimum absolute atomic E-state index is 0. The Balaban J connectivity index is 0.0000140. The van der Waals surface area contributed by atoms with Gasteiger partial charge in [-0.1, -0.05) is 143 Å². The average molecular weight is 987 g/mol. The van der Waals surface area contributed by atoms with Crippen molar-refractivity contribution in [3.63, 3.8) is 0 Å². The molecule has 0 N–H and O–H groups in total. The number of piperidine rings is 2. The molecule has 2 heterocycles. The monoisotopic (exact) mass is 987 g/mol. The Labute approximate surface area is 371 Å². The molecule has 2 fully saturated rings. The van der Waals surface area contributed by atoms with Gasteiger partial charge in [0.1, 0.15) is 0 Å². The largest absolute Gasteiger partial charge is 0.342 e. The van der Waals surface area contributed by atoms with Crippen LogP contribution in [0.15, 0.2) is 0 Å². The second-order valence-corrected chi connectivity index (χ2v) is 17.0. The fraction of sp³-hybridized carbons (Fsp3) is 0.957. The summed E-state index contributed by atoms with van der Waals surface area (Å²) < 4.78 is 0. The summed E-state index contributed by atoms with van der Waals surface area (Å²) in [4.78, 5) is 37.2. The third-order valence-electron chi connectivity index (χ3n) is 12.2. The molecule has 0 bridgehead atoms. The van der Waals surface area contributed by atoms with Crippen LogP contribution < -0.4 is 0 Å². The van der Waals surface area contributed by atoms with Gasteiger partial charge in [-0.05, 0) is 90.4 Å². The Morgan fingerprint density at radius 1 is 0.426 bits per heavy atom. The molecule has 2 aliphatic heterocycles. The Hall–Kier alpha value is 0.320. The topological polar surface area (TPSA) is 47.1 Å². The fourth-order valence-corrected chi connectivity index (χ4v) is 8.70. The van der Waals surface area contributed by atoms with Crippen LogP contribution in [0, 0.1) is 11.8 Å². The van der Waals surface area contributed by atoms with Gasteiger partial charge in [-0.3, -0.25) is 9.59 Å². The minimum Gasteiger partial charge on any atom is -0.342 e. The van der Waals surface area contributed by atoms with E-state index in [1.165, 1.54) is 142 Å². The molecule has 2 saturated heterocycles. The Bertz CT molecular complexity index is 797. The summed E-state index contributed by atoms with van der Waals surface area (Å²) in [6.45, 7) is 19.3. The summed E-state index contributed by atoms with van der Waals surface area (Å²) in [5.74, 6) is 1.23. The van der Waals surface area contributed by atoms with Crippen molar-refractivity contribution in [1.29, 1.82) is 0 Å². The normalized spacial score (nSPS) is 17.9. The highest BCUT2D eigenvalue weighted by Crippen LogP contribution is 2.23. The van der Waals surface area contributed by atoms with Gasteiger partial charge < -0.3 is 19.6 Å². The molecular formula is C46H92I2N4O2. The van der Waals surface area contributed by atoms with Crippen molar-refractivity contribution < 1.29 is 9.59 Å². The number of likely N-dealkylation sites (tertiary alicyclic amines) is 2. The average Bonchev–Trinajstić information content (AvgIpc) is 3.17. The van der Waals surface area contributed by atoms with E-state index in [4.69, 9.17) is 0 Å². The highest BCUT2D eigenvalue weighted by Gasteiger charge is 2.30. The molecule has 2 aliphatic rings. The summed E-state index contributed by atoms with van der Waals surface area (Å²) in [5.41, 5.74) is 0. The van der Waals surface area contributed by atoms with Crippen LogP contribution >= 0.6 is 48.0 Å². The second kappa shape index (κ2) is 37.6. The van der Waals surface area contributed by atoms with Crippen LogP contribution in [0.1, 0.15) is 207 Å². The molecule has 0 aromatic rings. The van der Waals surface area contributed by atoms with Crippen LogP contribution in [0.3, 0.4) is 0 Å². The van der Waals surface area contributed by atoms with Gasteiger partial charge >= 0.3 is 0 Å². The SMILES string of the molecule is CCCCCCCCCCN1CCCC(C(=O)N(CCCC)CCCCCCN(CCCC)C(=O)C2CCCN(CCCCCCCCCC)C2)C1.I.I. The smallest absolute Gasteiger partial charge is 0.226 e. The quantitative estimate of drug-likeness (QED) is 0.0486. The second-order valence-electron chi connectivity index (χ2n) is 17.0. The molecule has 2 unspecified atom stereocenters. The van der Waals surface area contributed by atoms with Crippen molar-refractivity contribution in [2.45, 2.75) is 207 Å². The van der Waals surface area contributed by atoms with Gasteiger partial charge in [-0.25, -0.2) is 0 Å². The highest BCUT2D eigenvalue weighted by atomic mass is 127. The van der Waals surface area contributed by atoms with E-state index in [0.717, 1.165) is 103 Å². The lowest BCUT2D eigenvalue weighted by atomic mass is 9.95. The van der Waals surface area contributed by atoms with Crippen LogP contribution in [0.2, 0.25) is 0 Å². The van der Waals surface area contributed by atoms with Crippen molar-refractivity contribution in [3.05, 3.63) is 0 Å². The number of rotatable bonds is 33. The van der Waals surface area contributed by atoms with Gasteiger partial charge in [-0.2, -0.15) is 0 Å². The van der Waals surface area contributed by atoms with Gasteiger partial charge in [0.2, 0.25) is 11.8 Å². The van der Waals surface area contributed by atoms with Crippen LogP contribution in [-0.4, -0.2) is 96.9 Å². The van der Waals surface area contributed by atoms with Crippen molar-refractivity contribution in [2.75, 3.05) is 65.4 Å². The van der Waals surface area contributed by atoms with Gasteiger partial charge in [0.25, 0.3) is 0 Å². The standard InChI is InChI=1S/C46H90N4O2.2HI/c1-5-9-13-15-17-19-21-25-33-47-35-29-31-43(41-47)45(51)49(37-11-7-3)39-27-23-24-28-40-50(38-12-8-4)46(52)44-32-30-36-48(42-44)34-26-22-20-18-16-14-10-6-2;;/h43-44H,5-42H2,1-4H3;2*1H. The summed E-state index contributed by atoms with van der Waals surface area (Å²) in [7, 11) is 0. The number of hydrogen-bond donors (Lipinski definition) is 0. The number of halogens is 2. The molecule has 2 rings (SSSR count). The zero-order chi connectivity index (χ0) is 37.5. The molecular weight excluding hydrogens is 894 g/mol. The Kier molecular flexibility index (Phi) is 37.8. The summed E-state index contributed by atoms with van der Waals surface area (Å²) in [5, 5.41) is 0. The maximum Gasteiger partial charge on any atom is 0.226 e. The highest BCUT2D eigenvalue weighted by molar-refractivity contribution is 14.0. The lowest BCUT2D eigenvalue weighted by molar-refractivity contribution is -0.138. The molecule has 0 aromatic carbocycles. The van der Waals surface area contributed by atoms with E-state index in [1.807, 2.05) is 0 Å². The number of hydrogen-bond acceptors (Lipinski definition) is 4. The number of unbranched alkanes of at least 4 members (excludes halogenated alkanes) is 19. The first-order valence-corrected chi connectivity index (χ1v) is 23.6. The van der Waals surface area contributed by atoms with E-state index < -0.39 is 0 Å². The minimum atomic E-state index is 0. The number of carbonyl (C=O) groups is 2. The zero-order valence-corrected chi connectivity index (χ0v) is 41.1. The van der Waals surface area contributed by atoms with Gasteiger partial charge in [-0.15, -0.1) is 48.0 Å². The lowest BCUT2D eigenvalue weighted by Crippen LogP contribution is -2.45. The summed E-state index contributed by atoms with van der Waals surface area (Å²) in [6, 6.07) is 0. The van der Waals surface area contributed by atoms with E-state index in [9.17, 15) is 9.59 Å².